The summed E-state index contributed by atoms with van der Waals surface area (Å²) < 4.78 is 0. The molecule has 0 heterocycles. The number of hydrogen-bond acceptors (Lipinski definition) is 2. The van der Waals surface area contributed by atoms with Crippen molar-refractivity contribution in [2.24, 2.45) is 0 Å². The van der Waals surface area contributed by atoms with Gasteiger partial charge in [-0.3, -0.25) is 0 Å². The van der Waals surface area contributed by atoms with E-state index in [0.29, 0.717) is 0 Å². The predicted molar refractivity (Wildman–Crippen MR) is 400 cm³/mol. The first-order chi connectivity index (χ1) is 44.1. The fraction of sp³-hybridized carbons (Fsp3) is 0.461. The molecule has 0 fully saturated rings. The van der Waals surface area contributed by atoms with Crippen LogP contribution in [-0.4, -0.2) is 0 Å². The van der Waals surface area contributed by atoms with Crippen molar-refractivity contribution < 1.29 is 0 Å². The Morgan fingerprint density at radius 3 is 1.09 bits per heavy atom. The molecule has 8 aromatic carbocycles. The third-order valence-electron chi connectivity index (χ3n) is 22.2. The number of unbranched alkanes of at least 4 members (excludes halogenated alkanes) is 13. The molecule has 0 aliphatic heterocycles. The van der Waals surface area contributed by atoms with E-state index in [1.165, 1.54) is 186 Å². The van der Waals surface area contributed by atoms with Gasteiger partial charge in [-0.1, -0.05) is 320 Å². The van der Waals surface area contributed by atoms with E-state index in [9.17, 15) is 0 Å². The van der Waals surface area contributed by atoms with Gasteiger partial charge in [0.2, 0.25) is 0 Å². The SMILES string of the molecule is CCCCCCCCC1(CCCCCCCC)c2cc(C(C)(C)CCCCC)ccc2-c2ccc(C(C)(CCCC)C(C)(CC)c3ccc(N(c4ccccc4)c4ccc(-c5ccc(N(c6ccccc6)c6ccc(C(C)(C)CCC)cc6)cc5)cc4)cc3)cc21. The Hall–Kier alpha value is -6.64. The highest BCUT2D eigenvalue weighted by Crippen LogP contribution is 2.58. The van der Waals surface area contributed by atoms with Crippen molar-refractivity contribution in [3.8, 4) is 22.3 Å². The highest BCUT2D eigenvalue weighted by Gasteiger charge is 2.48. The number of para-hydroxylation sites is 2. The molecule has 2 atom stereocenters. The van der Waals surface area contributed by atoms with Crippen LogP contribution in [0.2, 0.25) is 0 Å². The molecule has 482 valence electrons. The minimum atomic E-state index is -0.139. The van der Waals surface area contributed by atoms with Crippen molar-refractivity contribution in [3.05, 3.63) is 228 Å². The Morgan fingerprint density at radius 2 is 0.648 bits per heavy atom. The molecule has 0 radical (unpaired) electrons. The number of anilines is 6. The molecule has 0 aromatic heterocycles. The van der Waals surface area contributed by atoms with Crippen molar-refractivity contribution in [2.45, 2.75) is 264 Å². The standard InChI is InChI=1S/C89H116N2/c1-13-19-23-25-27-36-65-89(66-37-28-26-24-20-14-2)83-67-73(86(9,10)63-35-21-15-3)50-60-81(83)82-61-51-74(68-84(82)89)88(12,64-22-16-4)87(11,18-6)72-48-58-80(59-49-72)91(76-40-33-30-34-41-76)78-54-44-70(45-55-78)69-42-52-77(53-43-69)90(75-38-31-29-32-39-75)79-56-46-71(47-57-79)85(7,8)62-17-5/h29-34,38-61,67-68H,13-28,35-37,62-66H2,1-12H3. The highest BCUT2D eigenvalue weighted by atomic mass is 15.1. The molecule has 0 amide bonds. The van der Waals surface area contributed by atoms with E-state index in [2.05, 4.69) is 287 Å². The summed E-state index contributed by atoms with van der Waals surface area (Å²) in [5.74, 6) is 0. The maximum Gasteiger partial charge on any atom is 0.0462 e. The van der Waals surface area contributed by atoms with Crippen LogP contribution in [0.25, 0.3) is 22.3 Å². The largest absolute Gasteiger partial charge is 0.311 e. The summed E-state index contributed by atoms with van der Waals surface area (Å²) in [5, 5.41) is 0. The van der Waals surface area contributed by atoms with Gasteiger partial charge in [0.15, 0.2) is 0 Å². The highest BCUT2D eigenvalue weighted by molar-refractivity contribution is 5.83. The van der Waals surface area contributed by atoms with Crippen LogP contribution < -0.4 is 9.80 Å². The Morgan fingerprint density at radius 1 is 0.286 bits per heavy atom. The summed E-state index contributed by atoms with van der Waals surface area (Å²) in [4.78, 5) is 4.81. The van der Waals surface area contributed by atoms with Gasteiger partial charge in [0.05, 0.1) is 0 Å². The second-order valence-electron chi connectivity index (χ2n) is 29.3. The molecule has 0 saturated heterocycles. The maximum atomic E-state index is 2.82. The van der Waals surface area contributed by atoms with E-state index in [-0.39, 0.29) is 27.1 Å². The molecule has 1 aliphatic carbocycles. The summed E-state index contributed by atoms with van der Waals surface area (Å²) in [6.45, 7) is 29.2. The summed E-state index contributed by atoms with van der Waals surface area (Å²) in [6.07, 6.45) is 30.4. The van der Waals surface area contributed by atoms with E-state index < -0.39 is 0 Å². The number of rotatable bonds is 36. The first kappa shape index (κ1) is 68.7. The van der Waals surface area contributed by atoms with Crippen LogP contribution in [0, 0.1) is 0 Å². The quantitative estimate of drug-likeness (QED) is 0.0361. The van der Waals surface area contributed by atoms with E-state index in [4.69, 9.17) is 0 Å². The van der Waals surface area contributed by atoms with Crippen molar-refractivity contribution in [1.82, 2.24) is 0 Å². The van der Waals surface area contributed by atoms with Crippen molar-refractivity contribution in [2.75, 3.05) is 9.80 Å². The van der Waals surface area contributed by atoms with Gasteiger partial charge < -0.3 is 9.80 Å². The van der Waals surface area contributed by atoms with E-state index >= 15 is 0 Å². The number of nitrogens with zero attached hydrogens (tertiary/aromatic N) is 2. The topological polar surface area (TPSA) is 6.48 Å². The van der Waals surface area contributed by atoms with Crippen LogP contribution in [0.15, 0.2) is 194 Å². The monoisotopic (exact) mass is 1210 g/mol. The third kappa shape index (κ3) is 15.6. The van der Waals surface area contributed by atoms with E-state index in [1.807, 2.05) is 0 Å². The molecular formula is C89H116N2. The fourth-order valence-corrected chi connectivity index (χ4v) is 15.9. The molecule has 2 heteroatoms. The summed E-state index contributed by atoms with van der Waals surface area (Å²) in [6, 6.07) is 75.0. The first-order valence-corrected chi connectivity index (χ1v) is 36.5. The predicted octanol–water partition coefficient (Wildman–Crippen LogP) is 27.8. The average molecular weight is 1210 g/mol. The molecule has 2 nitrogen and oxygen atoms in total. The van der Waals surface area contributed by atoms with Gasteiger partial charge in [-0.2, -0.15) is 0 Å². The summed E-state index contributed by atoms with van der Waals surface area (Å²) in [5.41, 5.74) is 21.5. The van der Waals surface area contributed by atoms with Crippen LogP contribution in [0.3, 0.4) is 0 Å². The van der Waals surface area contributed by atoms with Crippen molar-refractivity contribution >= 4 is 34.1 Å². The van der Waals surface area contributed by atoms with Gasteiger partial charge in [-0.25, -0.2) is 0 Å². The molecule has 9 rings (SSSR count). The molecule has 0 spiro atoms. The summed E-state index contributed by atoms with van der Waals surface area (Å²) in [7, 11) is 0. The van der Waals surface area contributed by atoms with E-state index in [1.54, 1.807) is 16.7 Å². The lowest BCUT2D eigenvalue weighted by molar-refractivity contribution is 0.221. The minimum absolute atomic E-state index is 0.00896. The Balaban J connectivity index is 1.05. The van der Waals surface area contributed by atoms with Gasteiger partial charge in [0.1, 0.15) is 0 Å². The second-order valence-corrected chi connectivity index (χ2v) is 29.3. The number of fused-ring (bicyclic) bond motifs is 3. The molecule has 0 bridgehead atoms. The number of hydrogen-bond donors (Lipinski definition) is 0. The molecular weight excluding hydrogens is 1100 g/mol. The smallest absolute Gasteiger partial charge is 0.0462 e. The first-order valence-electron chi connectivity index (χ1n) is 36.5. The lowest BCUT2D eigenvalue weighted by Crippen LogP contribution is -2.45. The second kappa shape index (κ2) is 31.8. The normalized spacial score (nSPS) is 14.2. The molecule has 8 aromatic rings. The van der Waals surface area contributed by atoms with Crippen LogP contribution in [0.5, 0.6) is 0 Å². The third-order valence-corrected chi connectivity index (χ3v) is 22.2. The van der Waals surface area contributed by atoms with Crippen molar-refractivity contribution in [1.29, 1.82) is 0 Å². The van der Waals surface area contributed by atoms with Gasteiger partial charge in [-0.15, -0.1) is 0 Å². The molecule has 2 unspecified atom stereocenters. The zero-order valence-electron chi connectivity index (χ0n) is 58.8. The Bertz CT molecular complexity index is 3440. The molecule has 1 aliphatic rings. The van der Waals surface area contributed by atoms with Crippen LogP contribution in [-0.2, 0) is 27.1 Å². The maximum absolute atomic E-state index is 2.82. The minimum Gasteiger partial charge on any atom is -0.311 e. The van der Waals surface area contributed by atoms with E-state index in [0.717, 1.165) is 41.3 Å². The lowest BCUT2D eigenvalue weighted by Gasteiger charge is -2.48. The van der Waals surface area contributed by atoms with Gasteiger partial charge in [0, 0.05) is 50.4 Å². The van der Waals surface area contributed by atoms with Crippen LogP contribution in [0.1, 0.15) is 271 Å². The molecule has 91 heavy (non-hydrogen) atoms. The molecule has 0 saturated carbocycles. The zero-order valence-corrected chi connectivity index (χ0v) is 58.8. The van der Waals surface area contributed by atoms with Crippen LogP contribution >= 0.6 is 0 Å². The van der Waals surface area contributed by atoms with Gasteiger partial charge in [0.25, 0.3) is 0 Å². The molecule has 0 N–H and O–H groups in total. The lowest BCUT2D eigenvalue weighted by atomic mass is 9.55. The van der Waals surface area contributed by atoms with Crippen LogP contribution in [0.4, 0.5) is 34.1 Å². The zero-order chi connectivity index (χ0) is 64.5. The Labute approximate surface area is 554 Å². The van der Waals surface area contributed by atoms with Gasteiger partial charge >= 0.3 is 0 Å². The Kier molecular flexibility index (Phi) is 24.0. The number of benzene rings is 8. The van der Waals surface area contributed by atoms with Gasteiger partial charge in [-0.05, 0) is 178 Å². The fourth-order valence-electron chi connectivity index (χ4n) is 15.9. The van der Waals surface area contributed by atoms with Crippen molar-refractivity contribution in [3.63, 3.8) is 0 Å². The summed E-state index contributed by atoms with van der Waals surface area (Å²) >= 11 is 0. The average Bonchev–Trinajstić information content (AvgIpc) is 1.60.